The average molecular weight is 242 g/mol. The number of anilines is 1. The van der Waals surface area contributed by atoms with Crippen LogP contribution in [0.1, 0.15) is 5.56 Å². The molecule has 1 aromatic carbocycles. The molecule has 1 aliphatic rings. The largest absolute Gasteiger partial charge is 0.482 e. The number of amides is 1. The van der Waals surface area contributed by atoms with Gasteiger partial charge in [0.15, 0.2) is 6.61 Å². The number of halogens is 2. The zero-order valence-corrected chi connectivity index (χ0v) is 9.22. The zero-order chi connectivity index (χ0) is 12.5. The minimum Gasteiger partial charge on any atom is -0.482 e. The highest BCUT2D eigenvalue weighted by molar-refractivity contribution is 5.95. The number of nitrogens with one attached hydrogen (secondary N) is 2. The predicted octanol–water partition coefficient (Wildman–Crippen LogP) is 1.33. The number of fused-ring (bicyclic) bond motifs is 1. The maximum atomic E-state index is 13.6. The molecule has 0 radical (unpaired) electrons. The molecule has 0 fully saturated rings. The molecule has 1 aliphatic heterocycles. The van der Waals surface area contributed by atoms with Crippen molar-refractivity contribution in [2.45, 2.75) is 5.92 Å². The third kappa shape index (κ3) is 2.36. The SMILES string of the molecule is CNCC(F)(F)c1ccc2c(c1)NC(=O)CO2. The second kappa shape index (κ2) is 4.29. The van der Waals surface area contributed by atoms with Crippen LogP contribution >= 0.6 is 0 Å². The summed E-state index contributed by atoms with van der Waals surface area (Å²) in [6.45, 7) is -0.542. The van der Waals surface area contributed by atoms with E-state index in [9.17, 15) is 13.6 Å². The normalized spacial score (nSPS) is 14.9. The smallest absolute Gasteiger partial charge is 0.285 e. The zero-order valence-electron chi connectivity index (χ0n) is 9.22. The second-order valence-electron chi connectivity index (χ2n) is 3.78. The van der Waals surface area contributed by atoms with Crippen molar-refractivity contribution in [3.05, 3.63) is 23.8 Å². The van der Waals surface area contributed by atoms with E-state index in [-0.39, 0.29) is 23.8 Å². The molecular formula is C11H12F2N2O2. The van der Waals surface area contributed by atoms with E-state index >= 15 is 0 Å². The predicted molar refractivity (Wildman–Crippen MR) is 58.4 cm³/mol. The molecule has 1 heterocycles. The van der Waals surface area contributed by atoms with Gasteiger partial charge in [0.2, 0.25) is 0 Å². The first kappa shape index (κ1) is 11.8. The highest BCUT2D eigenvalue weighted by Gasteiger charge is 2.32. The van der Waals surface area contributed by atoms with E-state index in [0.717, 1.165) is 0 Å². The number of hydrogen-bond acceptors (Lipinski definition) is 3. The van der Waals surface area contributed by atoms with Gasteiger partial charge in [0.1, 0.15) is 5.75 Å². The van der Waals surface area contributed by atoms with Crippen LogP contribution in [0.15, 0.2) is 18.2 Å². The number of alkyl halides is 2. The Labute approximate surface area is 97.0 Å². The molecule has 17 heavy (non-hydrogen) atoms. The molecule has 6 heteroatoms. The molecule has 1 amide bonds. The number of ether oxygens (including phenoxy) is 1. The van der Waals surface area contributed by atoms with Crippen molar-refractivity contribution >= 4 is 11.6 Å². The first-order valence-electron chi connectivity index (χ1n) is 5.12. The third-order valence-corrected chi connectivity index (χ3v) is 2.43. The van der Waals surface area contributed by atoms with Crippen LogP contribution in [0, 0.1) is 0 Å². The van der Waals surface area contributed by atoms with Crippen LogP contribution in [0.5, 0.6) is 5.75 Å². The summed E-state index contributed by atoms with van der Waals surface area (Å²) in [6.07, 6.45) is 0. The number of hydrogen-bond donors (Lipinski definition) is 2. The molecule has 2 rings (SSSR count). The maximum absolute atomic E-state index is 13.6. The lowest BCUT2D eigenvalue weighted by molar-refractivity contribution is -0.118. The van der Waals surface area contributed by atoms with E-state index in [4.69, 9.17) is 4.74 Å². The average Bonchev–Trinajstić information content (AvgIpc) is 2.28. The topological polar surface area (TPSA) is 50.4 Å². The molecule has 4 nitrogen and oxygen atoms in total. The van der Waals surface area contributed by atoms with Gasteiger partial charge in [-0.1, -0.05) is 0 Å². The van der Waals surface area contributed by atoms with E-state index in [0.29, 0.717) is 5.75 Å². The molecule has 0 atom stereocenters. The van der Waals surface area contributed by atoms with E-state index < -0.39 is 12.5 Å². The van der Waals surface area contributed by atoms with Crippen LogP contribution in [0.25, 0.3) is 0 Å². The molecule has 0 unspecified atom stereocenters. The van der Waals surface area contributed by atoms with Crippen LogP contribution in [0.4, 0.5) is 14.5 Å². The van der Waals surface area contributed by atoms with Gasteiger partial charge in [-0.05, 0) is 25.2 Å². The summed E-state index contributed by atoms with van der Waals surface area (Å²) in [6, 6.07) is 3.98. The van der Waals surface area contributed by atoms with Crippen molar-refractivity contribution in [3.8, 4) is 5.75 Å². The lowest BCUT2D eigenvalue weighted by Crippen LogP contribution is -2.29. The summed E-state index contributed by atoms with van der Waals surface area (Å²) in [5, 5.41) is 4.92. The van der Waals surface area contributed by atoms with Crippen molar-refractivity contribution in [1.82, 2.24) is 5.32 Å². The fraction of sp³-hybridized carbons (Fsp3) is 0.364. The van der Waals surface area contributed by atoms with Gasteiger partial charge in [0.05, 0.1) is 12.2 Å². The van der Waals surface area contributed by atoms with Crippen LogP contribution in [-0.2, 0) is 10.7 Å². The van der Waals surface area contributed by atoms with E-state index in [1.165, 1.54) is 25.2 Å². The molecule has 0 aliphatic carbocycles. The first-order chi connectivity index (χ1) is 8.03. The molecule has 0 saturated heterocycles. The number of benzene rings is 1. The molecule has 0 bridgehead atoms. The van der Waals surface area contributed by atoms with Crippen molar-refractivity contribution in [3.63, 3.8) is 0 Å². The number of likely N-dealkylation sites (N-methyl/N-ethyl adjacent to an activating group) is 1. The summed E-state index contributed by atoms with van der Waals surface area (Å²) in [5.41, 5.74) is 0.130. The van der Waals surface area contributed by atoms with Gasteiger partial charge in [-0.25, -0.2) is 0 Å². The lowest BCUT2D eigenvalue weighted by atomic mass is 10.1. The van der Waals surface area contributed by atoms with E-state index in [1.54, 1.807) is 0 Å². The van der Waals surface area contributed by atoms with Crippen molar-refractivity contribution in [2.75, 3.05) is 25.5 Å². The summed E-state index contributed by atoms with van der Waals surface area (Å²) in [5.74, 6) is -2.91. The van der Waals surface area contributed by atoms with Crippen molar-refractivity contribution in [2.24, 2.45) is 0 Å². The number of carbonyl (C=O) groups excluding carboxylic acids is 1. The Kier molecular flexibility index (Phi) is 2.97. The highest BCUT2D eigenvalue weighted by atomic mass is 19.3. The van der Waals surface area contributed by atoms with Gasteiger partial charge in [-0.3, -0.25) is 4.79 Å². The van der Waals surface area contributed by atoms with Gasteiger partial charge < -0.3 is 15.4 Å². The van der Waals surface area contributed by atoms with Gasteiger partial charge in [-0.15, -0.1) is 0 Å². The third-order valence-electron chi connectivity index (χ3n) is 2.43. The second-order valence-corrected chi connectivity index (χ2v) is 3.78. The van der Waals surface area contributed by atoms with Crippen LogP contribution in [-0.4, -0.2) is 26.1 Å². The molecule has 92 valence electrons. The maximum Gasteiger partial charge on any atom is 0.285 e. The molecular weight excluding hydrogens is 230 g/mol. The standard InChI is InChI=1S/C11H12F2N2O2/c1-14-6-11(12,13)7-2-3-9-8(4-7)15-10(16)5-17-9/h2-4,14H,5-6H2,1H3,(H,15,16). The Hall–Kier alpha value is -1.69. The fourth-order valence-electron chi connectivity index (χ4n) is 1.63. The van der Waals surface area contributed by atoms with E-state index in [1.807, 2.05) is 0 Å². The molecule has 0 aromatic heterocycles. The van der Waals surface area contributed by atoms with Crippen molar-refractivity contribution < 1.29 is 18.3 Å². The van der Waals surface area contributed by atoms with Crippen LogP contribution < -0.4 is 15.4 Å². The van der Waals surface area contributed by atoms with Crippen LogP contribution in [0.3, 0.4) is 0 Å². The van der Waals surface area contributed by atoms with Gasteiger partial charge in [0, 0.05) is 5.56 Å². The number of rotatable bonds is 3. The van der Waals surface area contributed by atoms with Gasteiger partial charge in [0.25, 0.3) is 11.8 Å². The lowest BCUT2D eigenvalue weighted by Gasteiger charge is -2.21. The Balaban J connectivity index is 2.32. The molecule has 1 aromatic rings. The summed E-state index contributed by atoms with van der Waals surface area (Å²) in [4.78, 5) is 11.1. The summed E-state index contributed by atoms with van der Waals surface area (Å²) < 4.78 is 32.3. The summed E-state index contributed by atoms with van der Waals surface area (Å²) >= 11 is 0. The highest BCUT2D eigenvalue weighted by Crippen LogP contribution is 2.34. The Morgan fingerprint density at radius 1 is 1.53 bits per heavy atom. The Morgan fingerprint density at radius 3 is 3.00 bits per heavy atom. The molecule has 0 spiro atoms. The van der Waals surface area contributed by atoms with Crippen LogP contribution in [0.2, 0.25) is 0 Å². The molecule has 2 N–H and O–H groups in total. The first-order valence-corrected chi connectivity index (χ1v) is 5.12. The van der Waals surface area contributed by atoms with Gasteiger partial charge >= 0.3 is 0 Å². The minimum atomic E-state index is -2.98. The monoisotopic (exact) mass is 242 g/mol. The van der Waals surface area contributed by atoms with E-state index in [2.05, 4.69) is 10.6 Å². The number of carbonyl (C=O) groups is 1. The molecule has 0 saturated carbocycles. The quantitative estimate of drug-likeness (QED) is 0.840. The van der Waals surface area contributed by atoms with Crippen molar-refractivity contribution in [1.29, 1.82) is 0 Å². The Morgan fingerprint density at radius 2 is 2.29 bits per heavy atom. The minimum absolute atomic E-state index is 0.0841. The Bertz CT molecular complexity index is 449. The summed E-state index contributed by atoms with van der Waals surface area (Å²) in [7, 11) is 1.46. The van der Waals surface area contributed by atoms with Gasteiger partial charge in [-0.2, -0.15) is 8.78 Å². The fourth-order valence-corrected chi connectivity index (χ4v) is 1.63.